The lowest BCUT2D eigenvalue weighted by atomic mass is 10.1. The van der Waals surface area contributed by atoms with Crippen LogP contribution in [-0.2, 0) is 17.9 Å². The van der Waals surface area contributed by atoms with Crippen LogP contribution in [0, 0.1) is 10.1 Å². The molecule has 1 unspecified atom stereocenters. The molecule has 0 spiro atoms. The molecule has 2 amide bonds. The maximum atomic E-state index is 13.5. The quantitative estimate of drug-likeness (QED) is 0.246. The van der Waals surface area contributed by atoms with E-state index in [9.17, 15) is 19.7 Å². The number of benzene rings is 3. The van der Waals surface area contributed by atoms with Gasteiger partial charge in [0.1, 0.15) is 0 Å². The molecule has 3 aromatic carbocycles. The first-order valence-electron chi connectivity index (χ1n) is 12.1. The third kappa shape index (κ3) is 5.57. The highest BCUT2D eigenvalue weighted by atomic mass is 32.2. The normalized spacial score (nSPS) is 14.9. The minimum Gasteiger partial charge on any atom is -0.346 e. The summed E-state index contributed by atoms with van der Waals surface area (Å²) in [7, 11) is 0. The summed E-state index contributed by atoms with van der Waals surface area (Å²) in [6.45, 7) is 0.441. The summed E-state index contributed by atoms with van der Waals surface area (Å²) in [6, 6.07) is 26.9. The molecule has 0 aliphatic carbocycles. The smallest absolute Gasteiger partial charge is 0.274 e. The number of aromatic nitrogens is 1. The van der Waals surface area contributed by atoms with Gasteiger partial charge >= 0.3 is 0 Å². The number of amides is 2. The first-order chi connectivity index (χ1) is 18.5. The van der Waals surface area contributed by atoms with E-state index in [-0.39, 0.29) is 35.7 Å². The van der Waals surface area contributed by atoms with Gasteiger partial charge in [-0.3, -0.25) is 24.7 Å². The number of carbonyl (C=O) groups is 2. The molecule has 8 nitrogen and oxygen atoms in total. The number of anilines is 1. The summed E-state index contributed by atoms with van der Waals surface area (Å²) in [6.07, 6.45) is 1.90. The van der Waals surface area contributed by atoms with E-state index in [0.717, 1.165) is 21.8 Å². The van der Waals surface area contributed by atoms with Crippen LogP contribution in [0.5, 0.6) is 0 Å². The molecule has 0 fully saturated rings. The Balaban J connectivity index is 1.35. The molecule has 9 heteroatoms. The van der Waals surface area contributed by atoms with Crippen molar-refractivity contribution in [3.05, 3.63) is 130 Å². The number of rotatable bonds is 7. The zero-order valence-electron chi connectivity index (χ0n) is 20.3. The minimum absolute atomic E-state index is 0.0110. The number of nitrogens with zero attached hydrogens (tertiary/aromatic N) is 3. The van der Waals surface area contributed by atoms with Crippen LogP contribution in [0.1, 0.15) is 38.8 Å². The van der Waals surface area contributed by atoms with E-state index in [1.54, 1.807) is 53.2 Å². The lowest BCUT2D eigenvalue weighted by molar-refractivity contribution is -0.385. The molecule has 0 saturated carbocycles. The van der Waals surface area contributed by atoms with Crippen molar-refractivity contribution in [3.63, 3.8) is 0 Å². The van der Waals surface area contributed by atoms with Gasteiger partial charge in [-0.1, -0.05) is 48.5 Å². The van der Waals surface area contributed by atoms with Crippen molar-refractivity contribution in [2.75, 3.05) is 4.90 Å². The van der Waals surface area contributed by atoms with Crippen molar-refractivity contribution < 1.29 is 14.5 Å². The number of hydrogen-bond donors (Lipinski definition) is 1. The highest BCUT2D eigenvalue weighted by Crippen LogP contribution is 2.46. The predicted molar refractivity (Wildman–Crippen MR) is 146 cm³/mol. The first kappa shape index (κ1) is 25.2. The van der Waals surface area contributed by atoms with Gasteiger partial charge in [-0.25, -0.2) is 0 Å². The summed E-state index contributed by atoms with van der Waals surface area (Å²) in [5.74, 6) is -0.324. The van der Waals surface area contributed by atoms with Crippen LogP contribution in [0.2, 0.25) is 0 Å². The second-order valence-electron chi connectivity index (χ2n) is 8.77. The Hall–Kier alpha value is -4.50. The van der Waals surface area contributed by atoms with Crippen molar-refractivity contribution in [2.45, 2.75) is 29.7 Å². The summed E-state index contributed by atoms with van der Waals surface area (Å²) in [5, 5.41) is 14.2. The van der Waals surface area contributed by atoms with Gasteiger partial charge in [-0.15, -0.1) is 11.8 Å². The Morgan fingerprint density at radius 1 is 1.00 bits per heavy atom. The van der Waals surface area contributed by atoms with E-state index >= 15 is 0 Å². The molecule has 2 heterocycles. The van der Waals surface area contributed by atoms with Crippen molar-refractivity contribution in [1.29, 1.82) is 0 Å². The zero-order valence-corrected chi connectivity index (χ0v) is 21.1. The Labute approximate surface area is 223 Å². The van der Waals surface area contributed by atoms with E-state index < -0.39 is 4.92 Å². The molecule has 1 aliphatic rings. The Kier molecular flexibility index (Phi) is 7.46. The molecule has 38 heavy (non-hydrogen) atoms. The fourth-order valence-corrected chi connectivity index (χ4v) is 5.64. The van der Waals surface area contributed by atoms with Crippen LogP contribution in [0.25, 0.3) is 0 Å². The largest absolute Gasteiger partial charge is 0.346 e. The molecule has 190 valence electrons. The van der Waals surface area contributed by atoms with Crippen molar-refractivity contribution in [1.82, 2.24) is 10.3 Å². The number of nitro benzene ring substituents is 1. The number of fused-ring (bicyclic) bond motifs is 1. The number of para-hydroxylation sites is 2. The van der Waals surface area contributed by atoms with Gasteiger partial charge in [-0.2, -0.15) is 0 Å². The third-order valence-electron chi connectivity index (χ3n) is 6.30. The average Bonchev–Trinajstić information content (AvgIpc) is 3.08. The lowest BCUT2D eigenvalue weighted by Gasteiger charge is -2.22. The maximum Gasteiger partial charge on any atom is 0.274 e. The number of carbonyl (C=O) groups excluding carboxylic acids is 2. The molecule has 1 atom stereocenters. The van der Waals surface area contributed by atoms with E-state index in [4.69, 9.17) is 0 Å². The van der Waals surface area contributed by atoms with Gasteiger partial charge in [0, 0.05) is 40.0 Å². The molecular weight excluding hydrogens is 500 g/mol. The van der Waals surface area contributed by atoms with Crippen LogP contribution in [0.4, 0.5) is 11.4 Å². The fourth-order valence-electron chi connectivity index (χ4n) is 4.35. The molecule has 1 aliphatic heterocycles. The molecule has 0 bridgehead atoms. The summed E-state index contributed by atoms with van der Waals surface area (Å²) in [5.41, 5.74) is 3.41. The van der Waals surface area contributed by atoms with E-state index in [2.05, 4.69) is 10.3 Å². The first-order valence-corrected chi connectivity index (χ1v) is 12.9. The van der Waals surface area contributed by atoms with Crippen LogP contribution in [-0.4, -0.2) is 21.7 Å². The summed E-state index contributed by atoms with van der Waals surface area (Å²) in [4.78, 5) is 44.0. The standard InChI is InChI=1S/C29H24N4O4S/c34-28-17-27(20-12-14-21(15-13-20)29(35)31-18-23-8-5-6-16-30-23)38-26-11-4-3-10-25(26)32(28)19-22-7-1-2-9-24(22)33(36)37/h1-16,27H,17-19H2,(H,31,35). The zero-order chi connectivity index (χ0) is 26.5. The average molecular weight is 525 g/mol. The topological polar surface area (TPSA) is 105 Å². The fraction of sp³-hybridized carbons (Fsp3) is 0.138. The van der Waals surface area contributed by atoms with Gasteiger partial charge in [-0.05, 0) is 42.0 Å². The van der Waals surface area contributed by atoms with Gasteiger partial charge < -0.3 is 10.2 Å². The number of nitro groups is 1. The number of hydrogen-bond acceptors (Lipinski definition) is 6. The molecule has 1 N–H and O–H groups in total. The second-order valence-corrected chi connectivity index (χ2v) is 10.0. The number of thioether (sulfide) groups is 1. The van der Waals surface area contributed by atoms with Crippen molar-refractivity contribution >= 4 is 35.0 Å². The Bertz CT molecular complexity index is 1480. The van der Waals surface area contributed by atoms with Crippen molar-refractivity contribution in [2.24, 2.45) is 0 Å². The van der Waals surface area contributed by atoms with E-state index in [1.807, 2.05) is 54.6 Å². The van der Waals surface area contributed by atoms with E-state index in [0.29, 0.717) is 17.7 Å². The number of nitrogens with one attached hydrogen (secondary N) is 1. The molecule has 0 saturated heterocycles. The third-order valence-corrected chi connectivity index (χ3v) is 7.63. The molecule has 0 radical (unpaired) electrons. The molecular formula is C29H24N4O4S. The molecule has 1 aromatic heterocycles. The van der Waals surface area contributed by atoms with Crippen LogP contribution in [0.3, 0.4) is 0 Å². The summed E-state index contributed by atoms with van der Waals surface area (Å²) < 4.78 is 0. The van der Waals surface area contributed by atoms with Gasteiger partial charge in [0.15, 0.2) is 0 Å². The molecule has 4 aromatic rings. The van der Waals surface area contributed by atoms with Crippen LogP contribution in [0.15, 0.2) is 102 Å². The Morgan fingerprint density at radius 3 is 2.50 bits per heavy atom. The van der Waals surface area contributed by atoms with Crippen LogP contribution < -0.4 is 10.2 Å². The van der Waals surface area contributed by atoms with Crippen molar-refractivity contribution in [3.8, 4) is 0 Å². The van der Waals surface area contributed by atoms with Gasteiger partial charge in [0.2, 0.25) is 5.91 Å². The maximum absolute atomic E-state index is 13.5. The van der Waals surface area contributed by atoms with Gasteiger partial charge in [0.05, 0.1) is 29.4 Å². The number of pyridine rings is 1. The monoisotopic (exact) mass is 524 g/mol. The highest BCUT2D eigenvalue weighted by molar-refractivity contribution is 7.99. The highest BCUT2D eigenvalue weighted by Gasteiger charge is 2.30. The van der Waals surface area contributed by atoms with E-state index in [1.165, 1.54) is 6.07 Å². The second kappa shape index (κ2) is 11.3. The Morgan fingerprint density at radius 2 is 1.74 bits per heavy atom. The van der Waals surface area contributed by atoms with Crippen LogP contribution >= 0.6 is 11.8 Å². The lowest BCUT2D eigenvalue weighted by Crippen LogP contribution is -2.30. The summed E-state index contributed by atoms with van der Waals surface area (Å²) >= 11 is 1.58. The molecule has 5 rings (SSSR count). The minimum atomic E-state index is -0.421. The SMILES string of the molecule is O=C(NCc1ccccn1)c1ccc(C2CC(=O)N(Cc3ccccc3[N+](=O)[O-])c3ccccc3S2)cc1. The predicted octanol–water partition coefficient (Wildman–Crippen LogP) is 5.69. The van der Waals surface area contributed by atoms with Gasteiger partial charge in [0.25, 0.3) is 11.6 Å².